The van der Waals surface area contributed by atoms with E-state index in [1.807, 2.05) is 6.07 Å². The smallest absolute Gasteiger partial charge is 0.258 e. The Bertz CT molecular complexity index is 957. The molecular formula is C19H19FN4O. The molecule has 128 valence electrons. The van der Waals surface area contributed by atoms with Crippen molar-refractivity contribution in [3.63, 3.8) is 0 Å². The second kappa shape index (κ2) is 5.33. The molecule has 2 saturated carbocycles. The molecule has 0 atom stereocenters. The summed E-state index contributed by atoms with van der Waals surface area (Å²) in [6, 6.07) is 6.59. The van der Waals surface area contributed by atoms with Gasteiger partial charge in [-0.2, -0.15) is 4.98 Å². The van der Waals surface area contributed by atoms with Crippen LogP contribution in [0.15, 0.2) is 28.8 Å². The number of rotatable bonds is 3. The lowest BCUT2D eigenvalue weighted by molar-refractivity contribution is 0.373. The number of aromatic nitrogens is 3. The lowest BCUT2D eigenvalue weighted by Gasteiger charge is -2.17. The Morgan fingerprint density at radius 2 is 1.92 bits per heavy atom. The summed E-state index contributed by atoms with van der Waals surface area (Å²) in [7, 11) is 0. The molecule has 0 spiro atoms. The second-order valence-corrected chi connectivity index (χ2v) is 7.32. The van der Waals surface area contributed by atoms with Gasteiger partial charge in [-0.1, -0.05) is 18.0 Å². The van der Waals surface area contributed by atoms with Crippen molar-refractivity contribution in [1.29, 1.82) is 0 Å². The van der Waals surface area contributed by atoms with Gasteiger partial charge in [0, 0.05) is 17.0 Å². The van der Waals surface area contributed by atoms with Crippen LogP contribution in [0.3, 0.4) is 0 Å². The first kappa shape index (κ1) is 15.0. The maximum absolute atomic E-state index is 13.8. The highest BCUT2D eigenvalue weighted by Gasteiger charge is 2.36. The van der Waals surface area contributed by atoms with Crippen molar-refractivity contribution in [3.8, 4) is 11.5 Å². The predicted octanol–water partition coefficient (Wildman–Crippen LogP) is 4.03. The number of pyridine rings is 1. The number of nitrogens with zero attached hydrogens (tertiary/aromatic N) is 3. The number of hydrogen-bond donors (Lipinski definition) is 1. The monoisotopic (exact) mass is 338 g/mol. The van der Waals surface area contributed by atoms with Crippen molar-refractivity contribution < 1.29 is 8.91 Å². The molecule has 0 aliphatic heterocycles. The van der Waals surface area contributed by atoms with Crippen LogP contribution < -0.4 is 5.73 Å². The van der Waals surface area contributed by atoms with Gasteiger partial charge in [0.05, 0.1) is 16.6 Å². The summed E-state index contributed by atoms with van der Waals surface area (Å²) in [6.07, 6.45) is 6.17. The lowest BCUT2D eigenvalue weighted by Crippen LogP contribution is -2.34. The van der Waals surface area contributed by atoms with Gasteiger partial charge in [-0.25, -0.2) is 4.39 Å². The molecule has 5 nitrogen and oxygen atoms in total. The summed E-state index contributed by atoms with van der Waals surface area (Å²) >= 11 is 0. The average Bonchev–Trinajstić information content (AvgIpc) is 3.16. The van der Waals surface area contributed by atoms with Crippen LogP contribution in [-0.2, 0) is 5.54 Å². The van der Waals surface area contributed by atoms with Crippen molar-refractivity contribution in [2.24, 2.45) is 5.73 Å². The summed E-state index contributed by atoms with van der Waals surface area (Å²) in [6.45, 7) is 0. The maximum Gasteiger partial charge on any atom is 0.258 e. The SMILES string of the molecule is NC1(c2noc(-c3cc(C4CC4)nc4ccc(F)cc34)n2)CCCC1. The number of benzene rings is 1. The van der Waals surface area contributed by atoms with Gasteiger partial charge >= 0.3 is 0 Å². The number of halogens is 1. The summed E-state index contributed by atoms with van der Waals surface area (Å²) < 4.78 is 19.3. The first-order chi connectivity index (χ1) is 12.1. The molecule has 5 rings (SSSR count). The maximum atomic E-state index is 13.8. The molecule has 2 aliphatic rings. The van der Waals surface area contributed by atoms with Gasteiger partial charge in [0.15, 0.2) is 5.82 Å². The van der Waals surface area contributed by atoms with Crippen molar-refractivity contribution >= 4 is 10.9 Å². The predicted molar refractivity (Wildman–Crippen MR) is 91.3 cm³/mol. The highest BCUT2D eigenvalue weighted by Crippen LogP contribution is 2.42. The molecule has 0 radical (unpaired) electrons. The minimum Gasteiger partial charge on any atom is -0.334 e. The topological polar surface area (TPSA) is 77.8 Å². The molecule has 2 aromatic heterocycles. The fourth-order valence-corrected chi connectivity index (χ4v) is 3.75. The fourth-order valence-electron chi connectivity index (χ4n) is 3.75. The van der Waals surface area contributed by atoms with Crippen molar-refractivity contribution in [2.45, 2.75) is 50.0 Å². The molecule has 1 aromatic carbocycles. The zero-order valence-corrected chi connectivity index (χ0v) is 13.8. The van der Waals surface area contributed by atoms with E-state index in [2.05, 4.69) is 15.1 Å². The van der Waals surface area contributed by atoms with Gasteiger partial charge in [0.25, 0.3) is 5.89 Å². The Morgan fingerprint density at radius 3 is 2.68 bits per heavy atom. The van der Waals surface area contributed by atoms with E-state index in [0.29, 0.717) is 23.0 Å². The van der Waals surface area contributed by atoms with Gasteiger partial charge in [-0.3, -0.25) is 4.98 Å². The quantitative estimate of drug-likeness (QED) is 0.780. The van der Waals surface area contributed by atoms with Crippen molar-refractivity contribution in [2.75, 3.05) is 0 Å². The third kappa shape index (κ3) is 2.52. The molecular weight excluding hydrogens is 319 g/mol. The third-order valence-corrected chi connectivity index (χ3v) is 5.38. The van der Waals surface area contributed by atoms with Gasteiger partial charge < -0.3 is 10.3 Å². The first-order valence-corrected chi connectivity index (χ1v) is 8.86. The average molecular weight is 338 g/mol. The van der Waals surface area contributed by atoms with Crippen LogP contribution in [0.5, 0.6) is 0 Å². The standard InChI is InChI=1S/C19H19FN4O/c20-12-5-6-15-13(9-12)14(10-16(22-15)11-3-4-11)17-23-18(24-25-17)19(21)7-1-2-8-19/h5-6,9-11H,1-4,7-8,21H2. The molecule has 2 aliphatic carbocycles. The van der Waals surface area contributed by atoms with Crippen LogP contribution >= 0.6 is 0 Å². The molecule has 6 heteroatoms. The molecule has 3 aromatic rings. The van der Waals surface area contributed by atoms with E-state index in [1.54, 1.807) is 6.07 Å². The van der Waals surface area contributed by atoms with Crippen LogP contribution in [0.4, 0.5) is 4.39 Å². The molecule has 25 heavy (non-hydrogen) atoms. The van der Waals surface area contributed by atoms with E-state index in [0.717, 1.165) is 55.3 Å². The molecule has 0 bridgehead atoms. The van der Waals surface area contributed by atoms with Crippen LogP contribution in [0, 0.1) is 5.82 Å². The minimum atomic E-state index is -0.505. The molecule has 0 amide bonds. The summed E-state index contributed by atoms with van der Waals surface area (Å²) in [5, 5.41) is 4.83. The summed E-state index contributed by atoms with van der Waals surface area (Å²) in [4.78, 5) is 9.26. The van der Waals surface area contributed by atoms with Gasteiger partial charge in [-0.15, -0.1) is 0 Å². The van der Waals surface area contributed by atoms with E-state index in [4.69, 9.17) is 10.3 Å². The second-order valence-electron chi connectivity index (χ2n) is 7.32. The van der Waals surface area contributed by atoms with E-state index >= 15 is 0 Å². The molecule has 2 heterocycles. The highest BCUT2D eigenvalue weighted by molar-refractivity contribution is 5.92. The lowest BCUT2D eigenvalue weighted by atomic mass is 9.98. The van der Waals surface area contributed by atoms with E-state index in [9.17, 15) is 4.39 Å². The van der Waals surface area contributed by atoms with Gasteiger partial charge in [-0.05, 0) is 49.9 Å². The van der Waals surface area contributed by atoms with Crippen molar-refractivity contribution in [1.82, 2.24) is 15.1 Å². The van der Waals surface area contributed by atoms with Crippen LogP contribution in [-0.4, -0.2) is 15.1 Å². The van der Waals surface area contributed by atoms with Crippen LogP contribution in [0.1, 0.15) is 56.0 Å². The molecule has 0 saturated heterocycles. The Hall–Kier alpha value is -2.34. The highest BCUT2D eigenvalue weighted by atomic mass is 19.1. The number of nitrogens with two attached hydrogens (primary N) is 1. The van der Waals surface area contributed by atoms with Crippen molar-refractivity contribution in [3.05, 3.63) is 41.6 Å². The molecule has 2 N–H and O–H groups in total. The Balaban J connectivity index is 1.66. The zero-order valence-electron chi connectivity index (χ0n) is 13.8. The Labute approximate surface area is 144 Å². The Morgan fingerprint density at radius 1 is 1.12 bits per heavy atom. The summed E-state index contributed by atoms with van der Waals surface area (Å²) in [5.74, 6) is 1.12. The number of fused-ring (bicyclic) bond motifs is 1. The van der Waals surface area contributed by atoms with Crippen LogP contribution in [0.2, 0.25) is 0 Å². The molecule has 0 unspecified atom stereocenters. The normalized spacial score (nSPS) is 19.6. The Kier molecular flexibility index (Phi) is 3.19. The zero-order chi connectivity index (χ0) is 17.0. The first-order valence-electron chi connectivity index (χ1n) is 8.86. The molecule has 2 fully saturated rings. The van der Waals surface area contributed by atoms with Crippen LogP contribution in [0.25, 0.3) is 22.4 Å². The third-order valence-electron chi connectivity index (χ3n) is 5.38. The van der Waals surface area contributed by atoms with Gasteiger partial charge in [0.2, 0.25) is 0 Å². The van der Waals surface area contributed by atoms with E-state index in [-0.39, 0.29) is 5.82 Å². The van der Waals surface area contributed by atoms with E-state index < -0.39 is 5.54 Å². The fraction of sp³-hybridized carbons (Fsp3) is 0.421. The largest absolute Gasteiger partial charge is 0.334 e. The minimum absolute atomic E-state index is 0.305. The summed E-state index contributed by atoms with van der Waals surface area (Å²) in [5.41, 5.74) is 8.44. The number of hydrogen-bond acceptors (Lipinski definition) is 5. The van der Waals surface area contributed by atoms with Gasteiger partial charge in [0.1, 0.15) is 5.82 Å². The van der Waals surface area contributed by atoms with E-state index in [1.165, 1.54) is 12.1 Å².